The summed E-state index contributed by atoms with van der Waals surface area (Å²) in [6, 6.07) is 21.1. The van der Waals surface area contributed by atoms with E-state index in [1.807, 2.05) is 43.3 Å². The van der Waals surface area contributed by atoms with Gasteiger partial charge in [-0.25, -0.2) is 9.59 Å². The van der Waals surface area contributed by atoms with Crippen molar-refractivity contribution in [1.29, 1.82) is 0 Å². The van der Waals surface area contributed by atoms with Crippen LogP contribution in [0.25, 0.3) is 11.1 Å². The number of carbonyl (C=O) groups is 2. The lowest BCUT2D eigenvalue weighted by Crippen LogP contribution is -2.41. The Balaban J connectivity index is 0.000000304. The molecule has 1 aliphatic rings. The van der Waals surface area contributed by atoms with Crippen molar-refractivity contribution in [2.45, 2.75) is 43.0 Å². The Labute approximate surface area is 222 Å². The third-order valence-electron chi connectivity index (χ3n) is 6.20. The number of carboxylic acid groups (broad SMARTS) is 1. The SMILES string of the molecule is Cc1ccc(S(=O)(=O)O)cc1.NCCCCC(NC(=O)OCC1c2ccccc2-c2ccccc21)C(=O)O. The maximum Gasteiger partial charge on any atom is 0.407 e. The monoisotopic (exact) mass is 540 g/mol. The van der Waals surface area contributed by atoms with Crippen LogP contribution in [0.1, 0.15) is 41.9 Å². The second-order valence-corrected chi connectivity index (χ2v) is 10.4. The Morgan fingerprint density at radius 2 is 1.50 bits per heavy atom. The summed E-state index contributed by atoms with van der Waals surface area (Å²) in [5.41, 5.74) is 10.9. The van der Waals surface area contributed by atoms with E-state index in [2.05, 4.69) is 17.4 Å². The van der Waals surface area contributed by atoms with Gasteiger partial charge in [-0.3, -0.25) is 4.55 Å². The average molecular weight is 541 g/mol. The van der Waals surface area contributed by atoms with Crippen molar-refractivity contribution in [3.05, 3.63) is 89.5 Å². The molecular weight excluding hydrogens is 508 g/mol. The molecule has 0 radical (unpaired) electrons. The molecule has 0 spiro atoms. The minimum absolute atomic E-state index is 0.0522. The van der Waals surface area contributed by atoms with Crippen LogP contribution in [0.3, 0.4) is 0 Å². The number of hydrogen-bond acceptors (Lipinski definition) is 6. The zero-order valence-corrected chi connectivity index (χ0v) is 21.9. The zero-order chi connectivity index (χ0) is 27.7. The second-order valence-electron chi connectivity index (χ2n) is 8.93. The van der Waals surface area contributed by atoms with Crippen LogP contribution in [0.15, 0.2) is 77.7 Å². The van der Waals surface area contributed by atoms with E-state index < -0.39 is 28.2 Å². The molecular formula is C28H32N2O7S. The summed E-state index contributed by atoms with van der Waals surface area (Å²) in [7, 11) is -4.02. The third-order valence-corrected chi connectivity index (χ3v) is 7.07. The molecule has 0 saturated carbocycles. The van der Waals surface area contributed by atoms with Gasteiger partial charge < -0.3 is 20.9 Å². The van der Waals surface area contributed by atoms with Gasteiger partial charge in [0.05, 0.1) is 4.90 Å². The van der Waals surface area contributed by atoms with Crippen molar-refractivity contribution in [2.75, 3.05) is 13.2 Å². The first-order valence-electron chi connectivity index (χ1n) is 12.2. The molecule has 4 rings (SSSR count). The van der Waals surface area contributed by atoms with Crippen LogP contribution in [0.4, 0.5) is 4.79 Å². The molecule has 1 amide bonds. The largest absolute Gasteiger partial charge is 0.480 e. The summed E-state index contributed by atoms with van der Waals surface area (Å²) in [6.07, 6.45) is 0.973. The second kappa shape index (κ2) is 13.2. The van der Waals surface area contributed by atoms with Crippen LogP contribution in [0, 0.1) is 6.92 Å². The number of aryl methyl sites for hydroxylation is 1. The van der Waals surface area contributed by atoms with Gasteiger partial charge in [0.1, 0.15) is 12.6 Å². The van der Waals surface area contributed by atoms with Gasteiger partial charge in [-0.1, -0.05) is 66.2 Å². The van der Waals surface area contributed by atoms with Crippen LogP contribution in [0.2, 0.25) is 0 Å². The number of ether oxygens (including phenoxy) is 1. The highest BCUT2D eigenvalue weighted by molar-refractivity contribution is 7.85. The first kappa shape index (κ1) is 28.8. The molecule has 0 heterocycles. The lowest BCUT2D eigenvalue weighted by Gasteiger charge is -2.17. The van der Waals surface area contributed by atoms with Gasteiger partial charge in [0.15, 0.2) is 0 Å². The molecule has 1 aliphatic carbocycles. The summed E-state index contributed by atoms with van der Waals surface area (Å²) in [6.45, 7) is 2.50. The number of benzene rings is 3. The molecule has 0 aromatic heterocycles. The number of fused-ring (bicyclic) bond motifs is 3. The van der Waals surface area contributed by atoms with Gasteiger partial charge in [-0.15, -0.1) is 0 Å². The predicted molar refractivity (Wildman–Crippen MR) is 144 cm³/mol. The molecule has 1 unspecified atom stereocenters. The molecule has 5 N–H and O–H groups in total. The number of nitrogens with two attached hydrogens (primary N) is 1. The Hall–Kier alpha value is -3.73. The summed E-state index contributed by atoms with van der Waals surface area (Å²) in [5, 5.41) is 11.7. The van der Waals surface area contributed by atoms with E-state index in [4.69, 9.17) is 15.0 Å². The van der Waals surface area contributed by atoms with E-state index in [1.54, 1.807) is 12.1 Å². The topological polar surface area (TPSA) is 156 Å². The highest BCUT2D eigenvalue weighted by Gasteiger charge is 2.29. The quantitative estimate of drug-likeness (QED) is 0.231. The van der Waals surface area contributed by atoms with Crippen molar-refractivity contribution in [3.63, 3.8) is 0 Å². The minimum atomic E-state index is -4.02. The number of rotatable bonds is 9. The van der Waals surface area contributed by atoms with Crippen molar-refractivity contribution < 1.29 is 32.4 Å². The van der Waals surface area contributed by atoms with E-state index in [-0.39, 0.29) is 17.4 Å². The Bertz CT molecular complexity index is 1310. The highest BCUT2D eigenvalue weighted by atomic mass is 32.2. The Morgan fingerprint density at radius 3 is 2.00 bits per heavy atom. The fourth-order valence-corrected chi connectivity index (χ4v) is 4.72. The summed E-state index contributed by atoms with van der Waals surface area (Å²) >= 11 is 0. The molecule has 10 heteroatoms. The fourth-order valence-electron chi connectivity index (χ4n) is 4.24. The smallest absolute Gasteiger partial charge is 0.407 e. The van der Waals surface area contributed by atoms with Crippen molar-refractivity contribution in [1.82, 2.24) is 5.32 Å². The molecule has 3 aromatic rings. The molecule has 0 bridgehead atoms. The minimum Gasteiger partial charge on any atom is -0.480 e. The number of carboxylic acids is 1. The van der Waals surface area contributed by atoms with E-state index in [9.17, 15) is 23.1 Å². The molecule has 9 nitrogen and oxygen atoms in total. The van der Waals surface area contributed by atoms with Gasteiger partial charge in [-0.05, 0) is 67.1 Å². The average Bonchev–Trinajstić information content (AvgIpc) is 3.21. The van der Waals surface area contributed by atoms with Crippen LogP contribution in [-0.2, 0) is 19.6 Å². The number of aliphatic carboxylic acids is 1. The lowest BCUT2D eigenvalue weighted by atomic mass is 9.98. The number of alkyl carbamates (subject to hydrolysis) is 1. The van der Waals surface area contributed by atoms with E-state index in [0.29, 0.717) is 19.4 Å². The van der Waals surface area contributed by atoms with Crippen molar-refractivity contribution >= 4 is 22.2 Å². The van der Waals surface area contributed by atoms with Gasteiger partial charge in [0.2, 0.25) is 0 Å². The fraction of sp³-hybridized carbons (Fsp3) is 0.286. The predicted octanol–water partition coefficient (Wildman–Crippen LogP) is 4.35. The number of nitrogens with one attached hydrogen (secondary N) is 1. The van der Waals surface area contributed by atoms with E-state index >= 15 is 0 Å². The first-order valence-corrected chi connectivity index (χ1v) is 13.6. The highest BCUT2D eigenvalue weighted by Crippen LogP contribution is 2.44. The normalized spacial score (nSPS) is 12.9. The molecule has 0 saturated heterocycles. The standard InChI is InChI=1S/C21H24N2O4.C7H8O3S/c22-12-6-5-11-19(20(24)25)23-21(26)27-13-18-16-9-3-1-7-14(16)15-8-2-4-10-17(15)18;1-6-2-4-7(5-3-6)11(8,9)10/h1-4,7-10,18-19H,5-6,11-13,22H2,(H,23,26)(H,24,25);2-5H,1H3,(H,8,9,10). The maximum atomic E-state index is 12.1. The Morgan fingerprint density at radius 1 is 0.947 bits per heavy atom. The van der Waals surface area contributed by atoms with Crippen LogP contribution < -0.4 is 11.1 Å². The third kappa shape index (κ3) is 7.64. The van der Waals surface area contributed by atoms with Crippen LogP contribution >= 0.6 is 0 Å². The summed E-state index contributed by atoms with van der Waals surface area (Å²) in [4.78, 5) is 23.4. The number of carbonyl (C=O) groups excluding carboxylic acids is 1. The number of unbranched alkanes of at least 4 members (excludes halogenated alkanes) is 1. The number of hydrogen-bond donors (Lipinski definition) is 4. The molecule has 1 atom stereocenters. The van der Waals surface area contributed by atoms with Crippen molar-refractivity contribution in [3.8, 4) is 11.1 Å². The van der Waals surface area contributed by atoms with Gasteiger partial charge >= 0.3 is 12.1 Å². The maximum absolute atomic E-state index is 12.1. The first-order chi connectivity index (χ1) is 18.1. The van der Waals surface area contributed by atoms with E-state index in [0.717, 1.165) is 34.2 Å². The molecule has 0 aliphatic heterocycles. The molecule has 38 heavy (non-hydrogen) atoms. The lowest BCUT2D eigenvalue weighted by molar-refractivity contribution is -0.139. The van der Waals surface area contributed by atoms with Crippen LogP contribution in [-0.4, -0.2) is 49.3 Å². The number of amides is 1. The van der Waals surface area contributed by atoms with Gasteiger partial charge in [-0.2, -0.15) is 8.42 Å². The summed E-state index contributed by atoms with van der Waals surface area (Å²) in [5.74, 6) is -1.12. The Kier molecular flexibility index (Phi) is 10.0. The van der Waals surface area contributed by atoms with Gasteiger partial charge in [0.25, 0.3) is 10.1 Å². The van der Waals surface area contributed by atoms with Gasteiger partial charge in [0, 0.05) is 5.92 Å². The summed E-state index contributed by atoms with van der Waals surface area (Å²) < 4.78 is 34.9. The van der Waals surface area contributed by atoms with E-state index in [1.165, 1.54) is 12.1 Å². The van der Waals surface area contributed by atoms with Crippen LogP contribution in [0.5, 0.6) is 0 Å². The molecule has 3 aromatic carbocycles. The molecule has 202 valence electrons. The van der Waals surface area contributed by atoms with Crippen molar-refractivity contribution in [2.24, 2.45) is 5.73 Å². The zero-order valence-electron chi connectivity index (χ0n) is 21.0. The molecule has 0 fully saturated rings.